The van der Waals surface area contributed by atoms with Crippen molar-refractivity contribution in [2.24, 2.45) is 0 Å². The zero-order valence-electron chi connectivity index (χ0n) is 30.5. The van der Waals surface area contributed by atoms with Gasteiger partial charge in [-0.2, -0.15) is 0 Å². The van der Waals surface area contributed by atoms with Crippen LogP contribution >= 0.6 is 0 Å². The molecule has 0 atom stereocenters. The largest absolute Gasteiger partial charge is 0.294 e. The summed E-state index contributed by atoms with van der Waals surface area (Å²) in [6.07, 6.45) is 3.68. The fraction of sp³-hybridized carbons (Fsp3) is 0. The molecule has 0 aliphatic rings. The van der Waals surface area contributed by atoms with Crippen molar-refractivity contribution in [2.75, 3.05) is 0 Å². The Bertz CT molecular complexity index is 3190. The van der Waals surface area contributed by atoms with Crippen LogP contribution in [0.15, 0.2) is 188 Å². The van der Waals surface area contributed by atoms with E-state index in [1.54, 1.807) is 0 Å². The van der Waals surface area contributed by atoms with Crippen LogP contribution in [0.5, 0.6) is 0 Å². The third-order valence-electron chi connectivity index (χ3n) is 10.5. The van der Waals surface area contributed by atoms with Gasteiger partial charge in [0.25, 0.3) is 0 Å². The molecule has 11 aromatic rings. The van der Waals surface area contributed by atoms with E-state index < -0.39 is 0 Å². The third-order valence-corrected chi connectivity index (χ3v) is 10.5. The molecule has 266 valence electrons. The number of para-hydroxylation sites is 1. The minimum atomic E-state index is 0.571. The van der Waals surface area contributed by atoms with Gasteiger partial charge in [0, 0.05) is 61.9 Å². The molecule has 11 rings (SSSR count). The predicted octanol–water partition coefficient (Wildman–Crippen LogP) is 11.8. The number of pyridine rings is 3. The van der Waals surface area contributed by atoms with E-state index in [0.717, 1.165) is 88.5 Å². The highest BCUT2D eigenvalue weighted by molar-refractivity contribution is 6.08. The van der Waals surface area contributed by atoms with E-state index in [0.29, 0.717) is 17.5 Å². The highest BCUT2D eigenvalue weighted by atomic mass is 15.0. The molecule has 0 radical (unpaired) electrons. The summed E-state index contributed by atoms with van der Waals surface area (Å²) in [5.41, 5.74) is 11.2. The lowest BCUT2D eigenvalue weighted by Gasteiger charge is -2.14. The van der Waals surface area contributed by atoms with Gasteiger partial charge in [0.05, 0.1) is 22.2 Å². The molecular weight excluding hydrogens is 699 g/mol. The second kappa shape index (κ2) is 13.4. The predicted molar refractivity (Wildman–Crippen MR) is 230 cm³/mol. The van der Waals surface area contributed by atoms with Crippen LogP contribution in [0.3, 0.4) is 0 Å². The zero-order chi connectivity index (χ0) is 37.7. The molecule has 0 saturated heterocycles. The Kier molecular flexibility index (Phi) is 7.67. The number of nitrogens with zero attached hydrogens (tertiary/aromatic N) is 7. The van der Waals surface area contributed by atoms with Crippen molar-refractivity contribution in [1.29, 1.82) is 0 Å². The van der Waals surface area contributed by atoms with Gasteiger partial charge in [-0.15, -0.1) is 0 Å². The maximum absolute atomic E-state index is 5.27. The summed E-state index contributed by atoms with van der Waals surface area (Å²) in [5.74, 6) is 1.78. The lowest BCUT2D eigenvalue weighted by atomic mass is 9.97. The summed E-state index contributed by atoms with van der Waals surface area (Å²) < 4.78 is 2.24. The molecule has 0 spiro atoms. The number of hydrogen-bond donors (Lipinski definition) is 0. The number of rotatable bonds is 6. The highest BCUT2D eigenvalue weighted by Gasteiger charge is 2.17. The summed E-state index contributed by atoms with van der Waals surface area (Å²) in [5, 5.41) is 4.36. The Morgan fingerprint density at radius 2 is 0.947 bits per heavy atom. The zero-order valence-corrected chi connectivity index (χ0v) is 30.5. The van der Waals surface area contributed by atoms with Gasteiger partial charge in [-0.3, -0.25) is 9.55 Å². The van der Waals surface area contributed by atoms with E-state index in [-0.39, 0.29) is 0 Å². The maximum atomic E-state index is 5.27. The molecule has 5 aromatic heterocycles. The Morgan fingerprint density at radius 3 is 1.74 bits per heavy atom. The molecule has 0 fully saturated rings. The van der Waals surface area contributed by atoms with Crippen molar-refractivity contribution in [3.05, 3.63) is 188 Å². The number of aromatic nitrogens is 7. The SMILES string of the molecule is c1ccc(-c2nc(-c3ccccc3)nc(-c3cc(-c4cccc(-n5c6ccccc6c6cccnc65)c4)cc(-c4ccc5ccc6cccnc6c5n4)c3)n2)cc1. The molecule has 0 aliphatic carbocycles. The maximum Gasteiger partial charge on any atom is 0.164 e. The number of benzene rings is 6. The van der Waals surface area contributed by atoms with E-state index in [1.165, 1.54) is 0 Å². The minimum absolute atomic E-state index is 0.571. The van der Waals surface area contributed by atoms with E-state index in [4.69, 9.17) is 29.9 Å². The van der Waals surface area contributed by atoms with Gasteiger partial charge in [0.1, 0.15) is 5.65 Å². The Labute approximate surface area is 327 Å². The lowest BCUT2D eigenvalue weighted by Crippen LogP contribution is -2.01. The van der Waals surface area contributed by atoms with Crippen molar-refractivity contribution in [3.8, 4) is 62.2 Å². The van der Waals surface area contributed by atoms with Crippen molar-refractivity contribution in [2.45, 2.75) is 0 Å². The first kappa shape index (κ1) is 32.5. The Balaban J connectivity index is 1.14. The number of fused-ring (bicyclic) bond motifs is 6. The van der Waals surface area contributed by atoms with Crippen molar-refractivity contribution in [1.82, 2.24) is 34.5 Å². The summed E-state index contributed by atoms with van der Waals surface area (Å²) in [6, 6.07) is 60.3. The molecule has 57 heavy (non-hydrogen) atoms. The molecule has 0 amide bonds. The Morgan fingerprint density at radius 1 is 0.351 bits per heavy atom. The molecule has 0 saturated carbocycles. The molecule has 7 nitrogen and oxygen atoms in total. The molecule has 0 N–H and O–H groups in total. The molecule has 6 aromatic carbocycles. The number of hydrogen-bond acceptors (Lipinski definition) is 6. The molecule has 0 unspecified atom stereocenters. The van der Waals surface area contributed by atoms with Gasteiger partial charge >= 0.3 is 0 Å². The van der Waals surface area contributed by atoms with Crippen LogP contribution in [0.1, 0.15) is 0 Å². The lowest BCUT2D eigenvalue weighted by molar-refractivity contribution is 1.07. The van der Waals surface area contributed by atoms with E-state index in [9.17, 15) is 0 Å². The molecule has 0 aliphatic heterocycles. The second-order valence-corrected chi connectivity index (χ2v) is 14.0. The Hall–Kier alpha value is -7.90. The summed E-state index contributed by atoms with van der Waals surface area (Å²) in [6.45, 7) is 0. The van der Waals surface area contributed by atoms with E-state index in [2.05, 4.69) is 108 Å². The average molecular weight is 730 g/mol. The van der Waals surface area contributed by atoms with Crippen molar-refractivity contribution >= 4 is 43.7 Å². The van der Waals surface area contributed by atoms with Crippen LogP contribution in [0.4, 0.5) is 0 Å². The first-order valence-corrected chi connectivity index (χ1v) is 18.9. The topological polar surface area (TPSA) is 82.3 Å². The van der Waals surface area contributed by atoms with Gasteiger partial charge in [0.15, 0.2) is 17.5 Å². The monoisotopic (exact) mass is 729 g/mol. The van der Waals surface area contributed by atoms with Gasteiger partial charge in [-0.05, 0) is 71.8 Å². The fourth-order valence-corrected chi connectivity index (χ4v) is 7.78. The third kappa shape index (κ3) is 5.77. The van der Waals surface area contributed by atoms with Crippen molar-refractivity contribution < 1.29 is 0 Å². The summed E-state index contributed by atoms with van der Waals surface area (Å²) in [4.78, 5) is 30.1. The van der Waals surface area contributed by atoms with Crippen LogP contribution < -0.4 is 0 Å². The van der Waals surface area contributed by atoms with Crippen LogP contribution in [-0.2, 0) is 0 Å². The first-order valence-electron chi connectivity index (χ1n) is 18.9. The second-order valence-electron chi connectivity index (χ2n) is 14.0. The summed E-state index contributed by atoms with van der Waals surface area (Å²) in [7, 11) is 0. The van der Waals surface area contributed by atoms with Gasteiger partial charge in [-0.25, -0.2) is 24.9 Å². The fourth-order valence-electron chi connectivity index (χ4n) is 7.78. The van der Waals surface area contributed by atoms with Gasteiger partial charge in [-0.1, -0.05) is 115 Å². The van der Waals surface area contributed by atoms with E-state index in [1.807, 2.05) is 85.2 Å². The van der Waals surface area contributed by atoms with Crippen LogP contribution in [0.25, 0.3) is 106 Å². The smallest absolute Gasteiger partial charge is 0.164 e. The minimum Gasteiger partial charge on any atom is -0.294 e. The van der Waals surface area contributed by atoms with Crippen molar-refractivity contribution in [3.63, 3.8) is 0 Å². The highest BCUT2D eigenvalue weighted by Crippen LogP contribution is 2.36. The normalized spacial score (nSPS) is 11.5. The van der Waals surface area contributed by atoms with Gasteiger partial charge in [0.2, 0.25) is 0 Å². The average Bonchev–Trinajstić information content (AvgIpc) is 3.63. The molecule has 0 bridgehead atoms. The van der Waals surface area contributed by atoms with Crippen LogP contribution in [0, 0.1) is 0 Å². The summed E-state index contributed by atoms with van der Waals surface area (Å²) >= 11 is 0. The first-order chi connectivity index (χ1) is 28.2. The quantitative estimate of drug-likeness (QED) is 0.158. The van der Waals surface area contributed by atoms with E-state index >= 15 is 0 Å². The standard InChI is InChI=1S/C50H31N7/c1-3-12-34(13-4-1)47-54-48(35-14-5-2-6-15-35)56-49(55-47)39-29-37(28-38(30-39)43-25-24-33-23-22-32-17-10-26-51-45(32)46(33)53-43)36-16-9-18-40(31-36)57-44-21-8-7-19-41(44)42-20-11-27-52-50(42)57/h1-31H. The molecule has 7 heteroatoms. The molecular formula is C50H31N7. The van der Waals surface area contributed by atoms with Crippen LogP contribution in [0.2, 0.25) is 0 Å². The van der Waals surface area contributed by atoms with Gasteiger partial charge < -0.3 is 0 Å². The van der Waals surface area contributed by atoms with Crippen LogP contribution in [-0.4, -0.2) is 34.5 Å². The molecule has 5 heterocycles.